The standard InChI is InChI=1S/C20H35N5O2.ClH/c1-14(2)12-18(26)23-17-6-9-22-25(17)15-7-10-24(11-8-15)19(27)16(21)13-20(3,4)5;/h6,9,14-16H,7-8,10-13,21H2,1-5H3,(H,23,26);1H/t16-;/m1./s1. The van der Waals surface area contributed by atoms with Crippen LogP contribution >= 0.6 is 12.4 Å². The molecule has 0 aromatic carbocycles. The maximum Gasteiger partial charge on any atom is 0.239 e. The fraction of sp³-hybridized carbons (Fsp3) is 0.750. The predicted molar refractivity (Wildman–Crippen MR) is 114 cm³/mol. The summed E-state index contributed by atoms with van der Waals surface area (Å²) >= 11 is 0. The second-order valence-electron chi connectivity index (χ2n) is 9.23. The SMILES string of the molecule is CC(C)CC(=O)Nc1ccnn1C1CCN(C(=O)[C@H](N)CC(C)(C)C)CC1.Cl. The van der Waals surface area contributed by atoms with Gasteiger partial charge in [0.25, 0.3) is 0 Å². The fourth-order valence-corrected chi connectivity index (χ4v) is 3.58. The van der Waals surface area contributed by atoms with Crippen molar-refractivity contribution in [1.29, 1.82) is 0 Å². The van der Waals surface area contributed by atoms with E-state index in [-0.39, 0.29) is 35.7 Å². The van der Waals surface area contributed by atoms with Crippen LogP contribution in [0.4, 0.5) is 5.82 Å². The maximum atomic E-state index is 12.6. The lowest BCUT2D eigenvalue weighted by atomic mass is 9.87. The third-order valence-corrected chi connectivity index (χ3v) is 4.80. The van der Waals surface area contributed by atoms with Crippen molar-refractivity contribution in [2.24, 2.45) is 17.1 Å². The van der Waals surface area contributed by atoms with Crippen LogP contribution in [0, 0.1) is 11.3 Å². The highest BCUT2D eigenvalue weighted by Crippen LogP contribution is 2.27. The van der Waals surface area contributed by atoms with Gasteiger partial charge in [-0.05, 0) is 30.6 Å². The predicted octanol–water partition coefficient (Wildman–Crippen LogP) is 3.22. The number of nitrogens with one attached hydrogen (secondary N) is 1. The average molecular weight is 414 g/mol. The Labute approximate surface area is 174 Å². The summed E-state index contributed by atoms with van der Waals surface area (Å²) in [4.78, 5) is 26.5. The van der Waals surface area contributed by atoms with E-state index < -0.39 is 6.04 Å². The highest BCUT2D eigenvalue weighted by Gasteiger charge is 2.30. The topological polar surface area (TPSA) is 93.2 Å². The van der Waals surface area contributed by atoms with Crippen LogP contribution in [0.25, 0.3) is 0 Å². The fourth-order valence-electron chi connectivity index (χ4n) is 3.58. The summed E-state index contributed by atoms with van der Waals surface area (Å²) in [7, 11) is 0. The lowest BCUT2D eigenvalue weighted by molar-refractivity contribution is -0.134. The Morgan fingerprint density at radius 1 is 1.29 bits per heavy atom. The van der Waals surface area contributed by atoms with Gasteiger partial charge in [-0.2, -0.15) is 5.10 Å². The third-order valence-electron chi connectivity index (χ3n) is 4.80. The molecule has 7 nitrogen and oxygen atoms in total. The molecule has 0 unspecified atom stereocenters. The summed E-state index contributed by atoms with van der Waals surface area (Å²) in [6.07, 6.45) is 4.49. The number of amides is 2. The minimum absolute atomic E-state index is 0. The Bertz CT molecular complexity index is 645. The van der Waals surface area contributed by atoms with Gasteiger partial charge in [-0.1, -0.05) is 34.6 Å². The molecule has 1 aromatic heterocycles. The lowest BCUT2D eigenvalue weighted by Gasteiger charge is -2.35. The largest absolute Gasteiger partial charge is 0.341 e. The monoisotopic (exact) mass is 413 g/mol. The van der Waals surface area contributed by atoms with Crippen molar-refractivity contribution in [3.05, 3.63) is 12.3 Å². The molecule has 1 aliphatic heterocycles. The van der Waals surface area contributed by atoms with Crippen molar-refractivity contribution in [3.8, 4) is 0 Å². The van der Waals surface area contributed by atoms with Gasteiger partial charge >= 0.3 is 0 Å². The van der Waals surface area contributed by atoms with Crippen molar-refractivity contribution >= 4 is 30.0 Å². The molecule has 0 bridgehead atoms. The van der Waals surface area contributed by atoms with Gasteiger partial charge in [-0.15, -0.1) is 12.4 Å². The van der Waals surface area contributed by atoms with Crippen LogP contribution in [0.1, 0.15) is 66.3 Å². The van der Waals surface area contributed by atoms with Crippen LogP contribution in [0.5, 0.6) is 0 Å². The normalized spacial score (nSPS) is 16.6. The maximum absolute atomic E-state index is 12.6. The van der Waals surface area contributed by atoms with Gasteiger partial charge in [0.2, 0.25) is 11.8 Å². The number of rotatable bonds is 6. The summed E-state index contributed by atoms with van der Waals surface area (Å²) < 4.78 is 1.88. The number of nitrogens with two attached hydrogens (primary N) is 1. The minimum atomic E-state index is -0.447. The molecular formula is C20H36ClN5O2. The number of aromatic nitrogens is 2. The number of anilines is 1. The molecule has 0 saturated carbocycles. The van der Waals surface area contributed by atoms with Gasteiger partial charge in [-0.3, -0.25) is 9.59 Å². The molecule has 1 saturated heterocycles. The Morgan fingerprint density at radius 3 is 2.43 bits per heavy atom. The first-order chi connectivity index (χ1) is 12.6. The lowest BCUT2D eigenvalue weighted by Crippen LogP contribution is -2.48. The van der Waals surface area contributed by atoms with Crippen LogP contribution in [0.3, 0.4) is 0 Å². The molecule has 8 heteroatoms. The van der Waals surface area contributed by atoms with Crippen molar-refractivity contribution in [1.82, 2.24) is 14.7 Å². The summed E-state index contributed by atoms with van der Waals surface area (Å²) in [5.74, 6) is 1.09. The third kappa shape index (κ3) is 7.09. The number of nitrogens with zero attached hydrogens (tertiary/aromatic N) is 3. The van der Waals surface area contributed by atoms with Gasteiger partial charge in [-0.25, -0.2) is 4.68 Å². The minimum Gasteiger partial charge on any atom is -0.341 e. The zero-order chi connectivity index (χ0) is 20.2. The van der Waals surface area contributed by atoms with Crippen LogP contribution in [0.15, 0.2) is 12.3 Å². The van der Waals surface area contributed by atoms with Gasteiger partial charge in [0, 0.05) is 25.6 Å². The molecule has 28 heavy (non-hydrogen) atoms. The molecule has 2 heterocycles. The first-order valence-corrected chi connectivity index (χ1v) is 9.94. The zero-order valence-corrected chi connectivity index (χ0v) is 18.6. The first-order valence-electron chi connectivity index (χ1n) is 9.94. The van der Waals surface area contributed by atoms with Crippen molar-refractivity contribution in [2.45, 2.75) is 72.4 Å². The molecule has 1 aliphatic rings. The van der Waals surface area contributed by atoms with E-state index in [1.54, 1.807) is 6.20 Å². The Balaban J connectivity index is 0.00000392. The quantitative estimate of drug-likeness (QED) is 0.748. The van der Waals surface area contributed by atoms with Crippen molar-refractivity contribution in [3.63, 3.8) is 0 Å². The van der Waals surface area contributed by atoms with E-state index in [0.29, 0.717) is 31.8 Å². The van der Waals surface area contributed by atoms with Crippen LogP contribution in [0.2, 0.25) is 0 Å². The molecule has 0 radical (unpaired) electrons. The molecule has 1 aromatic rings. The number of halogens is 1. The van der Waals surface area contributed by atoms with E-state index >= 15 is 0 Å². The number of carbonyl (C=O) groups excluding carboxylic acids is 2. The highest BCUT2D eigenvalue weighted by molar-refractivity contribution is 5.90. The molecular weight excluding hydrogens is 378 g/mol. The summed E-state index contributed by atoms with van der Waals surface area (Å²) in [6.45, 7) is 11.7. The zero-order valence-electron chi connectivity index (χ0n) is 17.8. The average Bonchev–Trinajstić information content (AvgIpc) is 2.99. The number of piperidine rings is 1. The van der Waals surface area contributed by atoms with E-state index in [1.165, 1.54) is 0 Å². The Morgan fingerprint density at radius 2 is 1.89 bits per heavy atom. The van der Waals surface area contributed by atoms with Crippen LogP contribution in [-0.2, 0) is 9.59 Å². The van der Waals surface area contributed by atoms with E-state index in [0.717, 1.165) is 18.7 Å². The number of hydrogen-bond donors (Lipinski definition) is 2. The smallest absolute Gasteiger partial charge is 0.239 e. The molecule has 160 valence electrons. The second-order valence-corrected chi connectivity index (χ2v) is 9.23. The number of carbonyl (C=O) groups is 2. The second kappa shape index (κ2) is 10.3. The van der Waals surface area contributed by atoms with Gasteiger partial charge in [0.05, 0.1) is 18.3 Å². The molecule has 0 spiro atoms. The van der Waals surface area contributed by atoms with Crippen LogP contribution < -0.4 is 11.1 Å². The molecule has 3 N–H and O–H groups in total. The number of hydrogen-bond acceptors (Lipinski definition) is 4. The van der Waals surface area contributed by atoms with Crippen LogP contribution in [-0.4, -0.2) is 45.6 Å². The summed E-state index contributed by atoms with van der Waals surface area (Å²) in [6, 6.07) is 1.56. The molecule has 2 rings (SSSR count). The van der Waals surface area contributed by atoms with Crippen molar-refractivity contribution in [2.75, 3.05) is 18.4 Å². The van der Waals surface area contributed by atoms with Gasteiger partial charge in [0.15, 0.2) is 0 Å². The molecule has 1 atom stereocenters. The van der Waals surface area contributed by atoms with Crippen molar-refractivity contribution < 1.29 is 9.59 Å². The summed E-state index contributed by atoms with van der Waals surface area (Å²) in [5, 5.41) is 7.36. The first kappa shape index (κ1) is 24.4. The van der Waals surface area contributed by atoms with E-state index in [1.807, 2.05) is 29.5 Å². The van der Waals surface area contributed by atoms with E-state index in [2.05, 4.69) is 31.2 Å². The molecule has 2 amide bonds. The Kier molecular flexibility index (Phi) is 8.95. The molecule has 0 aliphatic carbocycles. The Hall–Kier alpha value is -1.60. The molecule has 1 fully saturated rings. The van der Waals surface area contributed by atoms with E-state index in [4.69, 9.17) is 5.73 Å². The van der Waals surface area contributed by atoms with E-state index in [9.17, 15) is 9.59 Å². The van der Waals surface area contributed by atoms with Gasteiger partial charge < -0.3 is 16.0 Å². The highest BCUT2D eigenvalue weighted by atomic mass is 35.5. The van der Waals surface area contributed by atoms with Gasteiger partial charge in [0.1, 0.15) is 5.82 Å². The number of likely N-dealkylation sites (tertiary alicyclic amines) is 1. The summed E-state index contributed by atoms with van der Waals surface area (Å²) in [5.41, 5.74) is 6.16.